The molecule has 8 nitrogen and oxygen atoms in total. The Balaban J connectivity index is 1.47. The lowest BCUT2D eigenvalue weighted by Crippen LogP contribution is -2.47. The van der Waals surface area contributed by atoms with E-state index < -0.39 is 23.9 Å². The first-order chi connectivity index (χ1) is 16.0. The van der Waals surface area contributed by atoms with Gasteiger partial charge in [-0.1, -0.05) is 30.3 Å². The first kappa shape index (κ1) is 20.5. The molecule has 3 aromatic carbocycles. The number of nitrogens with one attached hydrogen (secondary N) is 2. The van der Waals surface area contributed by atoms with Gasteiger partial charge >= 0.3 is 6.03 Å². The van der Waals surface area contributed by atoms with E-state index in [1.807, 2.05) is 0 Å². The van der Waals surface area contributed by atoms with E-state index >= 15 is 0 Å². The molecule has 0 saturated carbocycles. The highest BCUT2D eigenvalue weighted by Gasteiger charge is 2.31. The maximum Gasteiger partial charge on any atom is 0.321 e. The monoisotopic (exact) mass is 446 g/mol. The fraction of sp³-hybridized carbons (Fsp3) is 0.125. The van der Waals surface area contributed by atoms with Crippen LogP contribution in [0.2, 0.25) is 0 Å². The Bertz CT molecular complexity index is 1290. The summed E-state index contributed by atoms with van der Waals surface area (Å²) >= 11 is 0. The fourth-order valence-electron chi connectivity index (χ4n) is 3.75. The van der Waals surface area contributed by atoms with Crippen molar-refractivity contribution in [2.75, 3.05) is 24.1 Å². The van der Waals surface area contributed by atoms with Crippen molar-refractivity contribution in [1.82, 2.24) is 5.32 Å². The molecule has 0 aromatic heterocycles. The number of carbonyl (C=O) groups excluding carboxylic acids is 2. The van der Waals surface area contributed by atoms with Gasteiger partial charge in [-0.2, -0.15) is 0 Å². The van der Waals surface area contributed by atoms with E-state index in [0.717, 1.165) is 0 Å². The molecule has 0 fully saturated rings. The number of para-hydroxylation sites is 1. The van der Waals surface area contributed by atoms with Crippen LogP contribution in [0.25, 0.3) is 0 Å². The van der Waals surface area contributed by atoms with Crippen LogP contribution in [0.4, 0.5) is 20.6 Å². The summed E-state index contributed by atoms with van der Waals surface area (Å²) in [4.78, 5) is 31.8. The number of ether oxygens (including phenoxy) is 2. The lowest BCUT2D eigenvalue weighted by Gasteiger charge is -2.21. The van der Waals surface area contributed by atoms with Gasteiger partial charge in [0.25, 0.3) is 5.91 Å². The van der Waals surface area contributed by atoms with Gasteiger partial charge in [-0.25, -0.2) is 14.2 Å². The molecule has 166 valence electrons. The fourth-order valence-corrected chi connectivity index (χ4v) is 3.75. The second-order valence-corrected chi connectivity index (χ2v) is 7.44. The average Bonchev–Trinajstić information content (AvgIpc) is 3.26. The Morgan fingerprint density at radius 1 is 1.03 bits per heavy atom. The molecule has 3 amide bonds. The number of aliphatic imine (C=N–C) groups is 1. The molecule has 0 bridgehead atoms. The Morgan fingerprint density at radius 2 is 1.76 bits per heavy atom. The molecular formula is C24H19FN4O4. The van der Waals surface area contributed by atoms with Crippen molar-refractivity contribution in [3.8, 4) is 11.5 Å². The number of urea groups is 1. The number of halogens is 1. The maximum atomic E-state index is 14.7. The van der Waals surface area contributed by atoms with E-state index in [4.69, 9.17) is 9.47 Å². The molecule has 2 heterocycles. The minimum atomic E-state index is -1.27. The quantitative estimate of drug-likeness (QED) is 0.644. The van der Waals surface area contributed by atoms with E-state index in [2.05, 4.69) is 15.6 Å². The normalized spacial score (nSPS) is 16.5. The molecule has 2 aliphatic heterocycles. The van der Waals surface area contributed by atoms with Gasteiger partial charge in [-0.3, -0.25) is 4.79 Å². The number of rotatable bonds is 3. The topological polar surface area (TPSA) is 92.3 Å². The molecule has 3 aromatic rings. The predicted octanol–water partition coefficient (Wildman–Crippen LogP) is 3.52. The smallest absolute Gasteiger partial charge is 0.321 e. The highest BCUT2D eigenvalue weighted by molar-refractivity contribution is 6.20. The van der Waals surface area contributed by atoms with Crippen LogP contribution in [-0.4, -0.2) is 37.7 Å². The molecule has 2 aliphatic rings. The number of hydrogen-bond donors (Lipinski definition) is 2. The minimum absolute atomic E-state index is 0.113. The number of anilines is 2. The third kappa shape index (κ3) is 3.84. The number of nitrogens with zero attached hydrogens (tertiary/aromatic N) is 2. The van der Waals surface area contributed by atoms with Gasteiger partial charge < -0.3 is 25.0 Å². The minimum Gasteiger partial charge on any atom is -0.454 e. The van der Waals surface area contributed by atoms with Crippen LogP contribution < -0.4 is 25.0 Å². The molecule has 9 heteroatoms. The van der Waals surface area contributed by atoms with E-state index in [1.165, 1.54) is 11.0 Å². The number of benzodiazepines with no additional fused rings is 1. The standard InChI is InChI=1S/C24H19FN4O4/c1-29-18-9-5-3-7-16(18)21(15-6-2-4-8-17(15)25)27-22(23(29)30)28-24(31)26-14-10-11-19-20(12-14)33-13-32-19/h2-12,22H,13H2,1H3,(H2,26,28,31). The van der Waals surface area contributed by atoms with Crippen molar-refractivity contribution < 1.29 is 23.5 Å². The van der Waals surface area contributed by atoms with Gasteiger partial charge in [0.1, 0.15) is 5.82 Å². The highest BCUT2D eigenvalue weighted by atomic mass is 19.1. The second-order valence-electron chi connectivity index (χ2n) is 7.44. The Hall–Kier alpha value is -4.40. The van der Waals surface area contributed by atoms with Crippen molar-refractivity contribution in [2.24, 2.45) is 4.99 Å². The summed E-state index contributed by atoms with van der Waals surface area (Å²) in [6, 6.07) is 17.5. The number of likely N-dealkylation sites (N-methyl/N-ethyl adjacent to an activating group) is 1. The molecule has 5 rings (SSSR count). The molecule has 1 atom stereocenters. The molecular weight excluding hydrogens is 427 g/mol. The van der Waals surface area contributed by atoms with Crippen molar-refractivity contribution in [3.05, 3.63) is 83.7 Å². The van der Waals surface area contributed by atoms with E-state index in [1.54, 1.807) is 67.7 Å². The van der Waals surface area contributed by atoms with Crippen LogP contribution in [0.1, 0.15) is 11.1 Å². The average molecular weight is 446 g/mol. The van der Waals surface area contributed by atoms with Crippen LogP contribution in [-0.2, 0) is 4.79 Å². The van der Waals surface area contributed by atoms with Crippen LogP contribution in [0.15, 0.2) is 71.7 Å². The molecule has 0 radical (unpaired) electrons. The lowest BCUT2D eigenvalue weighted by atomic mass is 10.00. The number of benzene rings is 3. The number of carbonyl (C=O) groups is 2. The first-order valence-corrected chi connectivity index (χ1v) is 10.2. The largest absolute Gasteiger partial charge is 0.454 e. The third-order valence-corrected chi connectivity index (χ3v) is 5.37. The van der Waals surface area contributed by atoms with Gasteiger partial charge in [0.15, 0.2) is 11.5 Å². The predicted molar refractivity (Wildman–Crippen MR) is 120 cm³/mol. The van der Waals surface area contributed by atoms with E-state index in [0.29, 0.717) is 28.4 Å². The summed E-state index contributed by atoms with van der Waals surface area (Å²) in [7, 11) is 1.59. The third-order valence-electron chi connectivity index (χ3n) is 5.37. The van der Waals surface area contributed by atoms with Gasteiger partial charge in [0.2, 0.25) is 13.0 Å². The van der Waals surface area contributed by atoms with E-state index in [-0.39, 0.29) is 18.1 Å². The van der Waals surface area contributed by atoms with Crippen molar-refractivity contribution in [1.29, 1.82) is 0 Å². The zero-order valence-electron chi connectivity index (χ0n) is 17.5. The van der Waals surface area contributed by atoms with Crippen LogP contribution in [0.5, 0.6) is 11.5 Å². The molecule has 0 aliphatic carbocycles. The zero-order valence-corrected chi connectivity index (χ0v) is 17.5. The second kappa shape index (κ2) is 8.27. The Morgan fingerprint density at radius 3 is 2.58 bits per heavy atom. The number of amides is 3. The number of hydrogen-bond acceptors (Lipinski definition) is 5. The molecule has 0 saturated heterocycles. The van der Waals surface area contributed by atoms with Gasteiger partial charge in [-0.15, -0.1) is 0 Å². The van der Waals surface area contributed by atoms with Gasteiger partial charge in [-0.05, 0) is 30.3 Å². The summed E-state index contributed by atoms with van der Waals surface area (Å²) in [6.45, 7) is 0.113. The van der Waals surface area contributed by atoms with Crippen molar-refractivity contribution in [3.63, 3.8) is 0 Å². The molecule has 33 heavy (non-hydrogen) atoms. The first-order valence-electron chi connectivity index (χ1n) is 10.2. The summed E-state index contributed by atoms with van der Waals surface area (Å²) in [6.07, 6.45) is -1.27. The molecule has 2 N–H and O–H groups in total. The van der Waals surface area contributed by atoms with E-state index in [9.17, 15) is 14.0 Å². The maximum absolute atomic E-state index is 14.7. The molecule has 1 unspecified atom stereocenters. The summed E-state index contributed by atoms with van der Waals surface area (Å²) < 4.78 is 25.3. The van der Waals surface area contributed by atoms with Crippen molar-refractivity contribution >= 4 is 29.0 Å². The Kier molecular flexibility index (Phi) is 5.14. The number of fused-ring (bicyclic) bond motifs is 2. The lowest BCUT2D eigenvalue weighted by molar-refractivity contribution is -0.119. The van der Waals surface area contributed by atoms with Crippen LogP contribution in [0.3, 0.4) is 0 Å². The van der Waals surface area contributed by atoms with Crippen LogP contribution in [0, 0.1) is 5.82 Å². The summed E-state index contributed by atoms with van der Waals surface area (Å²) in [5, 5.41) is 5.25. The summed E-state index contributed by atoms with van der Waals surface area (Å²) in [5.41, 5.74) is 2.10. The van der Waals surface area contributed by atoms with Crippen LogP contribution >= 0.6 is 0 Å². The van der Waals surface area contributed by atoms with Gasteiger partial charge in [0, 0.05) is 29.9 Å². The zero-order chi connectivity index (χ0) is 22.9. The van der Waals surface area contributed by atoms with Crippen molar-refractivity contribution in [2.45, 2.75) is 6.17 Å². The van der Waals surface area contributed by atoms with Gasteiger partial charge in [0.05, 0.1) is 11.4 Å². The highest BCUT2D eigenvalue weighted by Crippen LogP contribution is 2.34. The Labute approximate surface area is 188 Å². The SMILES string of the molecule is CN1C(=O)C(NC(=O)Nc2ccc3c(c2)OCO3)N=C(c2ccccc2F)c2ccccc21. The summed E-state index contributed by atoms with van der Waals surface area (Å²) in [5.74, 6) is 0.146. The molecule has 0 spiro atoms.